The van der Waals surface area contributed by atoms with Crippen molar-refractivity contribution in [2.24, 2.45) is 12.5 Å². The normalized spacial score (nSPS) is 17.2. The van der Waals surface area contributed by atoms with E-state index < -0.39 is 5.82 Å². The van der Waals surface area contributed by atoms with Gasteiger partial charge in [-0.05, 0) is 26.0 Å². The van der Waals surface area contributed by atoms with Crippen molar-refractivity contribution in [3.8, 4) is 11.1 Å². The zero-order chi connectivity index (χ0) is 25.0. The summed E-state index contributed by atoms with van der Waals surface area (Å²) in [5.74, 6) is -0.416. The number of likely N-dealkylation sites (tertiary alicyclic amines) is 1. The van der Waals surface area contributed by atoms with Gasteiger partial charge in [0.1, 0.15) is 11.3 Å². The first kappa shape index (κ1) is 23.2. The van der Waals surface area contributed by atoms with Crippen molar-refractivity contribution in [1.29, 1.82) is 0 Å². The van der Waals surface area contributed by atoms with Gasteiger partial charge in [-0.25, -0.2) is 9.18 Å². The molecule has 6 rings (SSSR count). The van der Waals surface area contributed by atoms with Crippen molar-refractivity contribution in [2.75, 3.05) is 39.5 Å². The molecule has 2 fully saturated rings. The third kappa shape index (κ3) is 3.80. The van der Waals surface area contributed by atoms with Gasteiger partial charge in [0.25, 0.3) is 0 Å². The van der Waals surface area contributed by atoms with Crippen molar-refractivity contribution in [2.45, 2.75) is 26.5 Å². The van der Waals surface area contributed by atoms with E-state index in [1.54, 1.807) is 23.9 Å². The van der Waals surface area contributed by atoms with Gasteiger partial charge < -0.3 is 9.47 Å². The Balaban J connectivity index is 1.21. The number of ether oxygens (including phenoxy) is 2. The highest BCUT2D eigenvalue weighted by molar-refractivity contribution is 6.02. The number of rotatable bonds is 7. The minimum atomic E-state index is -0.416. The van der Waals surface area contributed by atoms with Crippen molar-refractivity contribution >= 4 is 22.1 Å². The zero-order valence-electron chi connectivity index (χ0n) is 20.7. The van der Waals surface area contributed by atoms with Crippen LogP contribution in [0.3, 0.4) is 0 Å². The predicted octanol–water partition coefficient (Wildman–Crippen LogP) is 2.91. The van der Waals surface area contributed by atoms with Gasteiger partial charge in [0, 0.05) is 66.9 Å². The molecule has 10 heteroatoms. The largest absolute Gasteiger partial charge is 0.380 e. The monoisotopic (exact) mass is 492 g/mol. The molecule has 0 amide bonds. The highest BCUT2D eigenvalue weighted by Gasteiger charge is 2.48. The molecule has 5 heterocycles. The summed E-state index contributed by atoms with van der Waals surface area (Å²) in [6, 6.07) is 6.72. The summed E-state index contributed by atoms with van der Waals surface area (Å²) >= 11 is 0. The molecule has 4 aromatic rings. The molecule has 9 nitrogen and oxygen atoms in total. The van der Waals surface area contributed by atoms with E-state index in [0.29, 0.717) is 51.8 Å². The van der Waals surface area contributed by atoms with E-state index >= 15 is 4.39 Å². The van der Waals surface area contributed by atoms with Crippen LogP contribution in [-0.4, -0.2) is 68.7 Å². The van der Waals surface area contributed by atoms with Gasteiger partial charge in [-0.1, -0.05) is 6.07 Å². The van der Waals surface area contributed by atoms with Crippen LogP contribution in [0.2, 0.25) is 0 Å². The molecule has 2 saturated heterocycles. The van der Waals surface area contributed by atoms with Crippen LogP contribution in [0.4, 0.5) is 4.39 Å². The topological polar surface area (TPSA) is 87.3 Å². The maximum absolute atomic E-state index is 15.1. The van der Waals surface area contributed by atoms with Crippen molar-refractivity contribution in [3.05, 3.63) is 52.5 Å². The number of aromatic nitrogens is 5. The summed E-state index contributed by atoms with van der Waals surface area (Å²) in [5, 5.41) is 9.03. The number of hydrogen-bond donors (Lipinski definition) is 0. The molecule has 0 unspecified atom stereocenters. The lowest BCUT2D eigenvalue weighted by Crippen LogP contribution is -2.66. The average molecular weight is 493 g/mol. The van der Waals surface area contributed by atoms with E-state index in [1.807, 2.05) is 26.0 Å². The number of halogens is 1. The molecule has 0 N–H and O–H groups in total. The average Bonchev–Trinajstić information content (AvgIpc) is 3.07. The van der Waals surface area contributed by atoms with Gasteiger partial charge in [-0.2, -0.15) is 0 Å². The molecule has 2 aliphatic rings. The molecule has 0 bridgehead atoms. The van der Waals surface area contributed by atoms with Gasteiger partial charge in [0.05, 0.1) is 37.6 Å². The zero-order valence-corrected chi connectivity index (χ0v) is 20.7. The maximum atomic E-state index is 15.1. The molecule has 36 heavy (non-hydrogen) atoms. The van der Waals surface area contributed by atoms with E-state index in [2.05, 4.69) is 20.1 Å². The van der Waals surface area contributed by atoms with Crippen LogP contribution in [0.1, 0.15) is 25.6 Å². The fourth-order valence-electron chi connectivity index (χ4n) is 5.29. The number of imidazole rings is 1. The van der Waals surface area contributed by atoms with Gasteiger partial charge in [0.2, 0.25) is 0 Å². The van der Waals surface area contributed by atoms with Gasteiger partial charge >= 0.3 is 5.69 Å². The van der Waals surface area contributed by atoms with Crippen molar-refractivity contribution < 1.29 is 13.9 Å². The summed E-state index contributed by atoms with van der Waals surface area (Å²) in [7, 11) is 1.67. The molecule has 0 radical (unpaired) electrons. The van der Waals surface area contributed by atoms with Crippen LogP contribution >= 0.6 is 0 Å². The summed E-state index contributed by atoms with van der Waals surface area (Å²) in [4.78, 5) is 19.7. The molecule has 1 spiro atoms. The standard InChI is InChI=1S/C26H29FN6O3/c1-16(2)33-23-20-8-19(21(27)9-22(20)29-30-24(23)31(3)25(33)34)17-4-5-18(28-10-17)11-35-7-6-32-12-26(13-32)14-36-15-26/h4-5,8-10,16H,6-7,11-15H2,1-3H3. The Hall–Kier alpha value is -3.21. The van der Waals surface area contributed by atoms with E-state index in [1.165, 1.54) is 10.6 Å². The Morgan fingerprint density at radius 2 is 2.00 bits per heavy atom. The second-order valence-corrected chi connectivity index (χ2v) is 10.3. The first-order valence-corrected chi connectivity index (χ1v) is 12.3. The highest BCUT2D eigenvalue weighted by Crippen LogP contribution is 2.37. The summed E-state index contributed by atoms with van der Waals surface area (Å²) in [5.41, 5.74) is 3.60. The van der Waals surface area contributed by atoms with Crippen LogP contribution in [0.5, 0.6) is 0 Å². The third-order valence-corrected chi connectivity index (χ3v) is 7.24. The number of fused-ring (bicyclic) bond motifs is 3. The Labute approximate surface area is 207 Å². The maximum Gasteiger partial charge on any atom is 0.330 e. The van der Waals surface area contributed by atoms with Crippen LogP contribution in [-0.2, 0) is 23.1 Å². The Bertz CT molecular complexity index is 1500. The molecule has 0 aliphatic carbocycles. The number of aryl methyl sites for hydroxylation is 1. The Kier molecular flexibility index (Phi) is 5.62. The van der Waals surface area contributed by atoms with E-state index in [-0.39, 0.29) is 11.7 Å². The first-order valence-electron chi connectivity index (χ1n) is 12.3. The molecule has 2 aliphatic heterocycles. The van der Waals surface area contributed by atoms with Gasteiger partial charge in [-0.3, -0.25) is 19.0 Å². The second-order valence-electron chi connectivity index (χ2n) is 10.3. The number of hydrogen-bond acceptors (Lipinski definition) is 7. The molecule has 0 saturated carbocycles. The van der Waals surface area contributed by atoms with E-state index in [9.17, 15) is 4.79 Å². The first-order chi connectivity index (χ1) is 17.3. The summed E-state index contributed by atoms with van der Waals surface area (Å²) < 4.78 is 29.4. The SMILES string of the molecule is CC(C)n1c(=O)n(C)c2nnc3cc(F)c(-c4ccc(COCCN5CC6(COC6)C5)nc4)cc3c21. The highest BCUT2D eigenvalue weighted by atomic mass is 19.1. The fraction of sp³-hybridized carbons (Fsp3) is 0.462. The molecule has 1 aromatic carbocycles. The molecular weight excluding hydrogens is 463 g/mol. The van der Waals surface area contributed by atoms with Crippen LogP contribution in [0, 0.1) is 11.2 Å². The van der Waals surface area contributed by atoms with Crippen LogP contribution in [0.15, 0.2) is 35.3 Å². The Morgan fingerprint density at radius 3 is 2.67 bits per heavy atom. The summed E-state index contributed by atoms with van der Waals surface area (Å²) in [6.07, 6.45) is 1.66. The number of nitrogens with zero attached hydrogens (tertiary/aromatic N) is 6. The minimum absolute atomic E-state index is 0.0857. The third-order valence-electron chi connectivity index (χ3n) is 7.24. The van der Waals surface area contributed by atoms with Crippen LogP contribution < -0.4 is 5.69 Å². The Morgan fingerprint density at radius 1 is 1.19 bits per heavy atom. The fourth-order valence-corrected chi connectivity index (χ4v) is 5.29. The van der Waals surface area contributed by atoms with E-state index in [0.717, 1.165) is 38.5 Å². The molecule has 3 aromatic heterocycles. The van der Waals surface area contributed by atoms with Gasteiger partial charge in [0.15, 0.2) is 5.65 Å². The van der Waals surface area contributed by atoms with E-state index in [4.69, 9.17) is 9.47 Å². The summed E-state index contributed by atoms with van der Waals surface area (Å²) in [6.45, 7) is 9.79. The molecule has 188 valence electrons. The second kappa shape index (κ2) is 8.72. The van der Waals surface area contributed by atoms with Crippen LogP contribution in [0.25, 0.3) is 33.2 Å². The lowest BCUT2D eigenvalue weighted by Gasteiger charge is -2.55. The number of benzene rings is 1. The molecule has 0 atom stereocenters. The lowest BCUT2D eigenvalue weighted by molar-refractivity contribution is -0.191. The minimum Gasteiger partial charge on any atom is -0.380 e. The van der Waals surface area contributed by atoms with Gasteiger partial charge in [-0.15, -0.1) is 10.2 Å². The number of pyridine rings is 1. The van der Waals surface area contributed by atoms with Crippen molar-refractivity contribution in [3.63, 3.8) is 0 Å². The quantitative estimate of drug-likeness (QED) is 0.367. The lowest BCUT2D eigenvalue weighted by atomic mass is 9.78. The molecular formula is C26H29FN6O3. The predicted molar refractivity (Wildman–Crippen MR) is 133 cm³/mol. The van der Waals surface area contributed by atoms with Crippen molar-refractivity contribution in [1.82, 2.24) is 29.2 Å². The smallest absolute Gasteiger partial charge is 0.330 e.